The van der Waals surface area contributed by atoms with E-state index < -0.39 is 0 Å². The second-order valence-corrected chi connectivity index (χ2v) is 6.10. The smallest absolute Gasteiger partial charge is 0.191 e. The lowest BCUT2D eigenvalue weighted by Gasteiger charge is -2.15. The van der Waals surface area contributed by atoms with Gasteiger partial charge in [-0.3, -0.25) is 9.98 Å². The third kappa shape index (κ3) is 7.64. The Bertz CT molecular complexity index is 540. The maximum absolute atomic E-state index is 4.69. The number of guanidine groups is 1. The molecular formula is C19H31IN4. The molecule has 1 aliphatic rings. The molecule has 0 unspecified atom stereocenters. The molecule has 4 nitrogen and oxygen atoms in total. The molecule has 134 valence electrons. The van der Waals surface area contributed by atoms with Gasteiger partial charge < -0.3 is 10.6 Å². The van der Waals surface area contributed by atoms with E-state index in [1.54, 1.807) is 5.57 Å². The summed E-state index contributed by atoms with van der Waals surface area (Å²) in [6, 6.07) is 2.08. The lowest BCUT2D eigenvalue weighted by molar-refractivity contribution is 0.665. The van der Waals surface area contributed by atoms with Gasteiger partial charge in [0.25, 0.3) is 0 Å². The van der Waals surface area contributed by atoms with Gasteiger partial charge in [0.15, 0.2) is 5.96 Å². The van der Waals surface area contributed by atoms with Crippen molar-refractivity contribution in [1.82, 2.24) is 15.6 Å². The monoisotopic (exact) mass is 442 g/mol. The van der Waals surface area contributed by atoms with Crippen molar-refractivity contribution in [1.29, 1.82) is 0 Å². The van der Waals surface area contributed by atoms with Gasteiger partial charge in [-0.2, -0.15) is 0 Å². The predicted molar refractivity (Wildman–Crippen MR) is 113 cm³/mol. The third-order valence-electron chi connectivity index (χ3n) is 4.26. The summed E-state index contributed by atoms with van der Waals surface area (Å²) >= 11 is 0. The minimum absolute atomic E-state index is 0. The maximum atomic E-state index is 4.69. The van der Waals surface area contributed by atoms with Crippen LogP contribution in [0.2, 0.25) is 0 Å². The number of rotatable bonds is 7. The highest BCUT2D eigenvalue weighted by atomic mass is 127. The molecule has 1 aliphatic carbocycles. The van der Waals surface area contributed by atoms with Crippen LogP contribution in [0.4, 0.5) is 0 Å². The van der Waals surface area contributed by atoms with E-state index in [0.717, 1.165) is 38.4 Å². The largest absolute Gasteiger partial charge is 0.357 e. The zero-order valence-corrected chi connectivity index (χ0v) is 17.3. The maximum Gasteiger partial charge on any atom is 0.191 e. The summed E-state index contributed by atoms with van der Waals surface area (Å²) in [5.41, 5.74) is 4.17. The van der Waals surface area contributed by atoms with E-state index in [9.17, 15) is 0 Å². The second-order valence-electron chi connectivity index (χ2n) is 6.10. The van der Waals surface area contributed by atoms with Gasteiger partial charge in [0, 0.05) is 32.0 Å². The topological polar surface area (TPSA) is 49.3 Å². The molecule has 24 heavy (non-hydrogen) atoms. The van der Waals surface area contributed by atoms with Crippen LogP contribution >= 0.6 is 24.0 Å². The summed E-state index contributed by atoms with van der Waals surface area (Å²) in [6.07, 6.45) is 13.5. The second kappa shape index (κ2) is 12.3. The number of aliphatic imine (C=N–C) groups is 1. The van der Waals surface area contributed by atoms with Gasteiger partial charge in [0.2, 0.25) is 0 Å². The number of nitrogens with one attached hydrogen (secondary N) is 2. The van der Waals surface area contributed by atoms with Crippen molar-refractivity contribution in [2.75, 3.05) is 19.6 Å². The lowest BCUT2D eigenvalue weighted by atomic mass is 9.97. The SMILES string of the molecule is CCNC(=NCCc1ccncc1C)NCCC1=CCCCC1.I. The van der Waals surface area contributed by atoms with E-state index in [1.165, 1.54) is 36.8 Å². The Morgan fingerprint density at radius 3 is 2.83 bits per heavy atom. The highest BCUT2D eigenvalue weighted by molar-refractivity contribution is 14.0. The van der Waals surface area contributed by atoms with E-state index >= 15 is 0 Å². The van der Waals surface area contributed by atoms with Gasteiger partial charge in [0.1, 0.15) is 0 Å². The molecule has 0 radical (unpaired) electrons. The van der Waals surface area contributed by atoms with Gasteiger partial charge in [-0.15, -0.1) is 24.0 Å². The average molecular weight is 442 g/mol. The molecule has 0 aliphatic heterocycles. The molecular weight excluding hydrogens is 411 g/mol. The zero-order valence-electron chi connectivity index (χ0n) is 15.0. The van der Waals surface area contributed by atoms with E-state index in [1.807, 2.05) is 12.4 Å². The van der Waals surface area contributed by atoms with Crippen molar-refractivity contribution in [3.8, 4) is 0 Å². The van der Waals surface area contributed by atoms with Gasteiger partial charge in [0.05, 0.1) is 0 Å². The van der Waals surface area contributed by atoms with Crippen molar-refractivity contribution < 1.29 is 0 Å². The molecule has 1 aromatic heterocycles. The van der Waals surface area contributed by atoms with Crippen LogP contribution in [0, 0.1) is 6.92 Å². The molecule has 0 spiro atoms. The summed E-state index contributed by atoms with van der Waals surface area (Å²) in [5, 5.41) is 6.78. The Balaban J connectivity index is 0.00000288. The highest BCUT2D eigenvalue weighted by Gasteiger charge is 2.04. The Labute approximate surface area is 163 Å². The minimum Gasteiger partial charge on any atom is -0.357 e. The molecule has 5 heteroatoms. The lowest BCUT2D eigenvalue weighted by Crippen LogP contribution is -2.38. The van der Waals surface area contributed by atoms with Gasteiger partial charge in [-0.05, 0) is 69.6 Å². The summed E-state index contributed by atoms with van der Waals surface area (Å²) in [4.78, 5) is 8.82. The molecule has 2 N–H and O–H groups in total. The van der Waals surface area contributed by atoms with Crippen LogP contribution in [0.5, 0.6) is 0 Å². The Kier molecular flexibility index (Phi) is 10.7. The minimum atomic E-state index is 0. The Hall–Kier alpha value is -1.11. The normalized spacial score (nSPS) is 14.6. The van der Waals surface area contributed by atoms with Crippen molar-refractivity contribution in [2.45, 2.75) is 52.4 Å². The number of pyridine rings is 1. The average Bonchev–Trinajstić information content (AvgIpc) is 2.57. The van der Waals surface area contributed by atoms with Crippen molar-refractivity contribution in [3.05, 3.63) is 41.2 Å². The highest BCUT2D eigenvalue weighted by Crippen LogP contribution is 2.19. The van der Waals surface area contributed by atoms with Crippen LogP contribution in [-0.4, -0.2) is 30.6 Å². The third-order valence-corrected chi connectivity index (χ3v) is 4.26. The van der Waals surface area contributed by atoms with E-state index in [0.29, 0.717) is 0 Å². The molecule has 0 saturated heterocycles. The summed E-state index contributed by atoms with van der Waals surface area (Å²) in [7, 11) is 0. The predicted octanol–water partition coefficient (Wildman–Crippen LogP) is 4.00. The quantitative estimate of drug-likeness (QED) is 0.291. The Morgan fingerprint density at radius 2 is 2.12 bits per heavy atom. The first-order chi connectivity index (χ1) is 11.3. The molecule has 0 bridgehead atoms. The number of hydrogen-bond acceptors (Lipinski definition) is 2. The van der Waals surface area contributed by atoms with Crippen LogP contribution in [0.3, 0.4) is 0 Å². The van der Waals surface area contributed by atoms with Crippen LogP contribution < -0.4 is 10.6 Å². The number of nitrogens with zero attached hydrogens (tertiary/aromatic N) is 2. The first-order valence-electron chi connectivity index (χ1n) is 8.89. The number of hydrogen-bond donors (Lipinski definition) is 2. The molecule has 0 atom stereocenters. The van der Waals surface area contributed by atoms with E-state index in [4.69, 9.17) is 0 Å². The molecule has 0 fully saturated rings. The molecule has 1 heterocycles. The number of aryl methyl sites for hydroxylation is 1. The summed E-state index contributed by atoms with van der Waals surface area (Å²) < 4.78 is 0. The van der Waals surface area contributed by atoms with Crippen molar-refractivity contribution in [3.63, 3.8) is 0 Å². The standard InChI is InChI=1S/C19H30N4.HI/c1-3-21-19(22-13-9-17-7-5-4-6-8-17)23-14-11-18-10-12-20-15-16(18)2;/h7,10,12,15H,3-6,8-9,11,13-14H2,1-2H3,(H2,21,22,23);1H. The molecule has 1 aromatic rings. The van der Waals surface area contributed by atoms with E-state index in [2.05, 4.69) is 46.6 Å². The fourth-order valence-corrected chi connectivity index (χ4v) is 2.89. The molecule has 0 saturated carbocycles. The van der Waals surface area contributed by atoms with Crippen LogP contribution in [0.1, 0.15) is 50.2 Å². The number of halogens is 1. The number of allylic oxidation sites excluding steroid dienone is 1. The first kappa shape index (κ1) is 20.9. The van der Waals surface area contributed by atoms with Gasteiger partial charge >= 0.3 is 0 Å². The van der Waals surface area contributed by atoms with E-state index in [-0.39, 0.29) is 24.0 Å². The van der Waals surface area contributed by atoms with Crippen molar-refractivity contribution in [2.24, 2.45) is 4.99 Å². The van der Waals surface area contributed by atoms with Gasteiger partial charge in [-0.25, -0.2) is 0 Å². The molecule has 0 amide bonds. The summed E-state index contributed by atoms with van der Waals surface area (Å²) in [6.45, 7) is 6.86. The molecule has 2 rings (SSSR count). The number of aromatic nitrogens is 1. The first-order valence-corrected chi connectivity index (χ1v) is 8.89. The summed E-state index contributed by atoms with van der Waals surface area (Å²) in [5.74, 6) is 0.926. The van der Waals surface area contributed by atoms with Crippen LogP contribution in [-0.2, 0) is 6.42 Å². The fraction of sp³-hybridized carbons (Fsp3) is 0.579. The Morgan fingerprint density at radius 1 is 1.25 bits per heavy atom. The zero-order chi connectivity index (χ0) is 16.3. The van der Waals surface area contributed by atoms with Crippen LogP contribution in [0.15, 0.2) is 35.1 Å². The van der Waals surface area contributed by atoms with Crippen LogP contribution in [0.25, 0.3) is 0 Å². The molecule has 0 aromatic carbocycles. The fourth-order valence-electron chi connectivity index (χ4n) is 2.89. The van der Waals surface area contributed by atoms with Crippen molar-refractivity contribution >= 4 is 29.9 Å². The van der Waals surface area contributed by atoms with Gasteiger partial charge in [-0.1, -0.05) is 11.6 Å².